The van der Waals surface area contributed by atoms with E-state index in [9.17, 15) is 18.0 Å². The first-order chi connectivity index (χ1) is 12.2. The first-order valence-electron chi connectivity index (χ1n) is 7.66. The van der Waals surface area contributed by atoms with Crippen LogP contribution in [0.15, 0.2) is 53.4 Å². The molecule has 0 bridgehead atoms. The Labute approximate surface area is 151 Å². The van der Waals surface area contributed by atoms with Gasteiger partial charge in [0.15, 0.2) is 15.9 Å². The molecule has 0 spiro atoms. The molecule has 2 aromatic rings. The standard InChI is InChI=1S/C18H19NO6S/c1-12(17(20)19-14-6-8-15(24-2)9-7-14)25-18(21)13-4-10-16(11-5-13)26(3,22)23/h4-12H,1-3H3,(H,19,20)/t12-/m1/s1. The van der Waals surface area contributed by atoms with Crippen molar-refractivity contribution >= 4 is 27.4 Å². The van der Waals surface area contributed by atoms with Gasteiger partial charge >= 0.3 is 5.97 Å². The molecule has 2 aromatic carbocycles. The van der Waals surface area contributed by atoms with Crippen molar-refractivity contribution < 1.29 is 27.5 Å². The number of nitrogens with one attached hydrogen (secondary N) is 1. The number of hydrogen-bond donors (Lipinski definition) is 1. The molecule has 0 aliphatic rings. The van der Waals surface area contributed by atoms with Crippen LogP contribution in [0.2, 0.25) is 0 Å². The van der Waals surface area contributed by atoms with Gasteiger partial charge in [-0.1, -0.05) is 0 Å². The highest BCUT2D eigenvalue weighted by molar-refractivity contribution is 7.90. The van der Waals surface area contributed by atoms with Crippen molar-refractivity contribution in [1.29, 1.82) is 0 Å². The Morgan fingerprint density at radius 2 is 1.58 bits per heavy atom. The average molecular weight is 377 g/mol. The summed E-state index contributed by atoms with van der Waals surface area (Å²) in [4.78, 5) is 24.3. The van der Waals surface area contributed by atoms with Gasteiger partial charge in [0.1, 0.15) is 5.75 Å². The topological polar surface area (TPSA) is 98.8 Å². The Morgan fingerprint density at radius 3 is 2.08 bits per heavy atom. The predicted octanol–water partition coefficient (Wildman–Crippen LogP) is 2.28. The summed E-state index contributed by atoms with van der Waals surface area (Å²) >= 11 is 0. The lowest BCUT2D eigenvalue weighted by molar-refractivity contribution is -0.123. The van der Waals surface area contributed by atoms with E-state index in [1.54, 1.807) is 24.3 Å². The monoisotopic (exact) mass is 377 g/mol. The highest BCUT2D eigenvalue weighted by Crippen LogP contribution is 2.16. The van der Waals surface area contributed by atoms with Gasteiger partial charge in [-0.15, -0.1) is 0 Å². The summed E-state index contributed by atoms with van der Waals surface area (Å²) in [6.45, 7) is 1.45. The van der Waals surface area contributed by atoms with Gasteiger partial charge in [-0.3, -0.25) is 4.79 Å². The molecular weight excluding hydrogens is 358 g/mol. The fraction of sp³-hybridized carbons (Fsp3) is 0.222. The van der Waals surface area contributed by atoms with E-state index >= 15 is 0 Å². The van der Waals surface area contributed by atoms with E-state index in [1.165, 1.54) is 38.3 Å². The van der Waals surface area contributed by atoms with E-state index < -0.39 is 27.8 Å². The number of esters is 1. The molecule has 0 aliphatic carbocycles. The fourth-order valence-corrected chi connectivity index (χ4v) is 2.67. The molecule has 138 valence electrons. The van der Waals surface area contributed by atoms with Crippen LogP contribution < -0.4 is 10.1 Å². The van der Waals surface area contributed by atoms with Gasteiger partial charge < -0.3 is 14.8 Å². The van der Waals surface area contributed by atoms with E-state index in [2.05, 4.69) is 5.32 Å². The van der Waals surface area contributed by atoms with Crippen LogP contribution in [0.5, 0.6) is 5.75 Å². The van der Waals surface area contributed by atoms with Crippen molar-refractivity contribution in [2.45, 2.75) is 17.9 Å². The van der Waals surface area contributed by atoms with Crippen molar-refractivity contribution in [3.8, 4) is 5.75 Å². The largest absolute Gasteiger partial charge is 0.497 e. The number of methoxy groups -OCH3 is 1. The summed E-state index contributed by atoms with van der Waals surface area (Å²) in [7, 11) is -1.81. The second-order valence-electron chi connectivity index (χ2n) is 5.56. The van der Waals surface area contributed by atoms with Crippen molar-refractivity contribution in [1.82, 2.24) is 0 Å². The molecule has 0 radical (unpaired) electrons. The number of amides is 1. The molecular formula is C18H19NO6S. The minimum Gasteiger partial charge on any atom is -0.497 e. The smallest absolute Gasteiger partial charge is 0.338 e. The van der Waals surface area contributed by atoms with Crippen molar-refractivity contribution in [2.24, 2.45) is 0 Å². The number of carbonyl (C=O) groups is 2. The van der Waals surface area contributed by atoms with Gasteiger partial charge in [0, 0.05) is 11.9 Å². The van der Waals surface area contributed by atoms with Crippen LogP contribution in [-0.2, 0) is 19.4 Å². The Morgan fingerprint density at radius 1 is 1.00 bits per heavy atom. The van der Waals surface area contributed by atoms with Crippen LogP contribution in [-0.4, -0.2) is 39.8 Å². The van der Waals surface area contributed by atoms with E-state index in [0.29, 0.717) is 11.4 Å². The average Bonchev–Trinajstić information content (AvgIpc) is 2.61. The fourth-order valence-electron chi connectivity index (χ4n) is 2.04. The molecule has 1 amide bonds. The normalized spacial score (nSPS) is 12.1. The van der Waals surface area contributed by atoms with Crippen molar-refractivity contribution in [3.63, 3.8) is 0 Å². The van der Waals surface area contributed by atoms with Crippen LogP contribution >= 0.6 is 0 Å². The number of rotatable bonds is 6. The summed E-state index contributed by atoms with van der Waals surface area (Å²) in [5.74, 6) is -0.557. The lowest BCUT2D eigenvalue weighted by Gasteiger charge is -2.14. The minimum atomic E-state index is -3.35. The van der Waals surface area contributed by atoms with Crippen LogP contribution in [0.1, 0.15) is 17.3 Å². The van der Waals surface area contributed by atoms with E-state index in [0.717, 1.165) is 6.26 Å². The first kappa shape index (κ1) is 19.5. The number of carbonyl (C=O) groups excluding carboxylic acids is 2. The molecule has 0 fully saturated rings. The van der Waals surface area contributed by atoms with Gasteiger partial charge in [0.2, 0.25) is 0 Å². The molecule has 0 saturated heterocycles. The van der Waals surface area contributed by atoms with E-state index in [-0.39, 0.29) is 10.5 Å². The Bertz CT molecular complexity index is 888. The lowest BCUT2D eigenvalue weighted by atomic mass is 10.2. The number of hydrogen-bond acceptors (Lipinski definition) is 6. The van der Waals surface area contributed by atoms with Gasteiger partial charge in [-0.2, -0.15) is 0 Å². The second kappa shape index (κ2) is 8.01. The van der Waals surface area contributed by atoms with E-state index in [4.69, 9.17) is 9.47 Å². The number of benzene rings is 2. The maximum absolute atomic E-state index is 12.1. The number of anilines is 1. The van der Waals surface area contributed by atoms with Gasteiger partial charge in [-0.05, 0) is 55.5 Å². The van der Waals surface area contributed by atoms with Gasteiger partial charge in [-0.25, -0.2) is 13.2 Å². The third kappa shape index (κ3) is 5.06. The molecule has 0 aliphatic heterocycles. The second-order valence-corrected chi connectivity index (χ2v) is 7.58. The first-order valence-corrected chi connectivity index (χ1v) is 9.56. The minimum absolute atomic E-state index is 0.0966. The van der Waals surface area contributed by atoms with Crippen molar-refractivity contribution in [3.05, 3.63) is 54.1 Å². The van der Waals surface area contributed by atoms with E-state index in [1.807, 2.05) is 0 Å². The van der Waals surface area contributed by atoms with Crippen LogP contribution in [0.25, 0.3) is 0 Å². The summed E-state index contributed by atoms with van der Waals surface area (Å²) in [6, 6.07) is 12.0. The zero-order valence-corrected chi connectivity index (χ0v) is 15.4. The molecule has 0 heterocycles. The van der Waals surface area contributed by atoms with Crippen LogP contribution in [0, 0.1) is 0 Å². The highest BCUT2D eigenvalue weighted by Gasteiger charge is 2.19. The third-order valence-electron chi connectivity index (χ3n) is 3.53. The van der Waals surface area contributed by atoms with Gasteiger partial charge in [0.05, 0.1) is 17.6 Å². The summed E-state index contributed by atoms with van der Waals surface area (Å²) < 4.78 is 33.0. The maximum atomic E-state index is 12.1. The highest BCUT2D eigenvalue weighted by atomic mass is 32.2. The number of ether oxygens (including phenoxy) is 2. The molecule has 7 nitrogen and oxygen atoms in total. The Balaban J connectivity index is 1.97. The molecule has 0 saturated carbocycles. The zero-order chi connectivity index (χ0) is 19.3. The molecule has 2 rings (SSSR count). The Kier molecular flexibility index (Phi) is 5.99. The summed E-state index contributed by atoms with van der Waals surface area (Å²) in [5, 5.41) is 2.63. The zero-order valence-electron chi connectivity index (χ0n) is 14.6. The molecule has 0 aromatic heterocycles. The lowest BCUT2D eigenvalue weighted by Crippen LogP contribution is -2.30. The molecule has 1 atom stereocenters. The SMILES string of the molecule is COc1ccc(NC(=O)[C@@H](C)OC(=O)c2ccc(S(C)(=O)=O)cc2)cc1. The maximum Gasteiger partial charge on any atom is 0.338 e. The number of sulfone groups is 1. The quantitative estimate of drug-likeness (QED) is 0.776. The molecule has 0 unspecified atom stereocenters. The van der Waals surface area contributed by atoms with Gasteiger partial charge in [0.25, 0.3) is 5.91 Å². The molecule has 26 heavy (non-hydrogen) atoms. The van der Waals surface area contributed by atoms with Crippen LogP contribution in [0.4, 0.5) is 5.69 Å². The predicted molar refractivity (Wildman–Crippen MR) is 96.1 cm³/mol. The molecule has 1 N–H and O–H groups in total. The summed E-state index contributed by atoms with van der Waals surface area (Å²) in [5.41, 5.74) is 0.692. The van der Waals surface area contributed by atoms with Crippen molar-refractivity contribution in [2.75, 3.05) is 18.7 Å². The third-order valence-corrected chi connectivity index (χ3v) is 4.66. The summed E-state index contributed by atoms with van der Waals surface area (Å²) in [6.07, 6.45) is 0.0468. The van der Waals surface area contributed by atoms with Crippen LogP contribution in [0.3, 0.4) is 0 Å². The molecule has 8 heteroatoms. The Hall–Kier alpha value is -2.87.